The average Bonchev–Trinajstić information content (AvgIpc) is 3.02. The van der Waals surface area contributed by atoms with E-state index >= 15 is 0 Å². The number of fused-ring (bicyclic) bond motifs is 2. The fraction of sp³-hybridized carbons (Fsp3) is 0.611. The van der Waals surface area contributed by atoms with Gasteiger partial charge in [-0.05, 0) is 30.0 Å². The molecule has 4 heteroatoms. The third-order valence-corrected chi connectivity index (χ3v) is 5.16. The summed E-state index contributed by atoms with van der Waals surface area (Å²) in [6.45, 7) is 2.19. The molecule has 1 aliphatic carbocycles. The maximum Gasteiger partial charge on any atom is 0.227 e. The van der Waals surface area contributed by atoms with Crippen LogP contribution in [0.15, 0.2) is 18.2 Å². The predicted molar refractivity (Wildman–Crippen MR) is 83.1 cm³/mol. The summed E-state index contributed by atoms with van der Waals surface area (Å²) in [6.07, 6.45) is 6.35. The number of morpholine rings is 1. The molecule has 1 amide bonds. The van der Waals surface area contributed by atoms with Crippen molar-refractivity contribution >= 4 is 5.91 Å². The zero-order valence-electron chi connectivity index (χ0n) is 12.9. The van der Waals surface area contributed by atoms with E-state index in [0.717, 1.165) is 43.7 Å². The average molecular weight is 301 g/mol. The molecule has 2 unspecified atom stereocenters. The first-order valence-corrected chi connectivity index (χ1v) is 8.47. The van der Waals surface area contributed by atoms with Crippen molar-refractivity contribution < 1.29 is 14.3 Å². The SMILES string of the molecule is O=C(Cc1ccc2c(c1)CCO2)N1CCOC2CCCCC21. The van der Waals surface area contributed by atoms with Crippen molar-refractivity contribution in [1.82, 2.24) is 4.90 Å². The van der Waals surface area contributed by atoms with Gasteiger partial charge in [0.25, 0.3) is 0 Å². The van der Waals surface area contributed by atoms with Crippen LogP contribution in [0.1, 0.15) is 36.8 Å². The summed E-state index contributed by atoms with van der Waals surface area (Å²) in [7, 11) is 0. The Kier molecular flexibility index (Phi) is 3.78. The minimum absolute atomic E-state index is 0.249. The Morgan fingerprint density at radius 2 is 2.14 bits per heavy atom. The lowest BCUT2D eigenvalue weighted by Crippen LogP contribution is -2.55. The Bertz CT molecular complexity index is 569. The number of hydrogen-bond acceptors (Lipinski definition) is 3. The van der Waals surface area contributed by atoms with Crippen LogP contribution >= 0.6 is 0 Å². The zero-order chi connectivity index (χ0) is 14.9. The Morgan fingerprint density at radius 3 is 3.09 bits per heavy atom. The number of carbonyl (C=O) groups excluding carboxylic acids is 1. The van der Waals surface area contributed by atoms with E-state index < -0.39 is 0 Å². The number of rotatable bonds is 2. The Morgan fingerprint density at radius 1 is 1.23 bits per heavy atom. The van der Waals surface area contributed by atoms with E-state index in [-0.39, 0.29) is 12.0 Å². The standard InChI is InChI=1S/C18H23NO3/c20-18(12-13-5-6-16-14(11-13)7-9-21-16)19-8-10-22-17-4-2-1-3-15(17)19/h5-6,11,15,17H,1-4,7-10,12H2. The molecule has 2 heterocycles. The van der Waals surface area contributed by atoms with Gasteiger partial charge < -0.3 is 14.4 Å². The number of nitrogens with zero attached hydrogens (tertiary/aromatic N) is 1. The van der Waals surface area contributed by atoms with Crippen molar-refractivity contribution in [2.24, 2.45) is 0 Å². The van der Waals surface area contributed by atoms with E-state index in [1.54, 1.807) is 0 Å². The van der Waals surface area contributed by atoms with Crippen molar-refractivity contribution in [2.75, 3.05) is 19.8 Å². The van der Waals surface area contributed by atoms with Crippen molar-refractivity contribution in [3.63, 3.8) is 0 Å². The molecule has 1 saturated heterocycles. The van der Waals surface area contributed by atoms with E-state index in [1.807, 2.05) is 12.1 Å². The highest BCUT2D eigenvalue weighted by Crippen LogP contribution is 2.30. The molecule has 2 fully saturated rings. The highest BCUT2D eigenvalue weighted by Gasteiger charge is 2.36. The molecule has 1 aromatic carbocycles. The molecular formula is C18H23NO3. The van der Waals surface area contributed by atoms with Gasteiger partial charge in [0.05, 0.1) is 31.8 Å². The number of hydrogen-bond donors (Lipinski definition) is 0. The van der Waals surface area contributed by atoms with Crippen LogP contribution in [-0.2, 0) is 22.4 Å². The molecule has 3 aliphatic rings. The quantitative estimate of drug-likeness (QED) is 0.841. The van der Waals surface area contributed by atoms with Gasteiger partial charge in [-0.2, -0.15) is 0 Å². The van der Waals surface area contributed by atoms with E-state index in [1.165, 1.54) is 18.4 Å². The second kappa shape index (κ2) is 5.92. The summed E-state index contributed by atoms with van der Waals surface area (Å²) in [5.41, 5.74) is 2.34. The fourth-order valence-corrected chi connectivity index (χ4v) is 4.03. The normalized spacial score (nSPS) is 27.0. The van der Waals surface area contributed by atoms with Crippen LogP contribution in [0, 0.1) is 0 Å². The molecule has 2 atom stereocenters. The molecule has 0 bridgehead atoms. The van der Waals surface area contributed by atoms with Crippen molar-refractivity contribution in [1.29, 1.82) is 0 Å². The molecule has 0 spiro atoms. The molecular weight excluding hydrogens is 278 g/mol. The lowest BCUT2D eigenvalue weighted by molar-refractivity contribution is -0.148. The van der Waals surface area contributed by atoms with Crippen LogP contribution in [-0.4, -0.2) is 42.7 Å². The monoisotopic (exact) mass is 301 g/mol. The zero-order valence-corrected chi connectivity index (χ0v) is 12.9. The lowest BCUT2D eigenvalue weighted by atomic mass is 9.89. The molecule has 2 aliphatic heterocycles. The predicted octanol–water partition coefficient (Wildman–Crippen LogP) is 2.33. The Labute approximate surface area is 131 Å². The van der Waals surface area contributed by atoms with Crippen molar-refractivity contribution in [3.8, 4) is 5.75 Å². The molecule has 1 saturated carbocycles. The first kappa shape index (κ1) is 14.1. The van der Waals surface area contributed by atoms with Crippen LogP contribution in [0.25, 0.3) is 0 Å². The molecule has 0 N–H and O–H groups in total. The highest BCUT2D eigenvalue weighted by molar-refractivity contribution is 5.79. The lowest BCUT2D eigenvalue weighted by Gasteiger charge is -2.43. The molecule has 0 radical (unpaired) electrons. The smallest absolute Gasteiger partial charge is 0.227 e. The number of benzene rings is 1. The Hall–Kier alpha value is -1.55. The summed E-state index contributed by atoms with van der Waals surface area (Å²) < 4.78 is 11.4. The van der Waals surface area contributed by atoms with Gasteiger partial charge in [-0.3, -0.25) is 4.79 Å². The molecule has 4 rings (SSSR count). The van der Waals surface area contributed by atoms with Crippen molar-refractivity contribution in [3.05, 3.63) is 29.3 Å². The minimum atomic E-state index is 0.249. The maximum absolute atomic E-state index is 12.8. The minimum Gasteiger partial charge on any atom is -0.493 e. The second-order valence-electron chi connectivity index (χ2n) is 6.57. The first-order chi connectivity index (χ1) is 10.8. The van der Waals surface area contributed by atoms with Gasteiger partial charge >= 0.3 is 0 Å². The third kappa shape index (κ3) is 2.60. The van der Waals surface area contributed by atoms with Gasteiger partial charge in [0, 0.05) is 13.0 Å². The van der Waals surface area contributed by atoms with Crippen LogP contribution in [0.5, 0.6) is 5.75 Å². The summed E-state index contributed by atoms with van der Waals surface area (Å²) >= 11 is 0. The largest absolute Gasteiger partial charge is 0.493 e. The van der Waals surface area contributed by atoms with Gasteiger partial charge in [0.15, 0.2) is 0 Å². The topological polar surface area (TPSA) is 38.8 Å². The van der Waals surface area contributed by atoms with E-state index in [9.17, 15) is 4.79 Å². The summed E-state index contributed by atoms with van der Waals surface area (Å²) in [6, 6.07) is 6.47. The highest BCUT2D eigenvalue weighted by atomic mass is 16.5. The van der Waals surface area contributed by atoms with Crippen LogP contribution in [0.4, 0.5) is 0 Å². The summed E-state index contributed by atoms with van der Waals surface area (Å²) in [4.78, 5) is 14.8. The van der Waals surface area contributed by atoms with Gasteiger partial charge in [-0.25, -0.2) is 0 Å². The number of ether oxygens (including phenoxy) is 2. The van der Waals surface area contributed by atoms with E-state index in [4.69, 9.17) is 9.47 Å². The number of amides is 1. The molecule has 4 nitrogen and oxygen atoms in total. The van der Waals surface area contributed by atoms with Crippen molar-refractivity contribution in [2.45, 2.75) is 50.7 Å². The third-order valence-electron chi connectivity index (χ3n) is 5.16. The van der Waals surface area contributed by atoms with Gasteiger partial charge in [-0.15, -0.1) is 0 Å². The Balaban J connectivity index is 1.47. The molecule has 118 valence electrons. The van der Waals surface area contributed by atoms with Crippen LogP contribution < -0.4 is 4.74 Å². The molecule has 0 aromatic heterocycles. The summed E-state index contributed by atoms with van der Waals surface area (Å²) in [5.74, 6) is 1.23. The summed E-state index contributed by atoms with van der Waals surface area (Å²) in [5, 5.41) is 0. The van der Waals surface area contributed by atoms with E-state index in [2.05, 4.69) is 11.0 Å². The van der Waals surface area contributed by atoms with Gasteiger partial charge in [0.1, 0.15) is 5.75 Å². The number of carbonyl (C=O) groups is 1. The fourth-order valence-electron chi connectivity index (χ4n) is 4.03. The second-order valence-corrected chi connectivity index (χ2v) is 6.57. The molecule has 1 aromatic rings. The first-order valence-electron chi connectivity index (χ1n) is 8.47. The van der Waals surface area contributed by atoms with Crippen LogP contribution in [0.3, 0.4) is 0 Å². The van der Waals surface area contributed by atoms with Gasteiger partial charge in [-0.1, -0.05) is 25.0 Å². The van der Waals surface area contributed by atoms with Crippen LogP contribution in [0.2, 0.25) is 0 Å². The molecule has 22 heavy (non-hydrogen) atoms. The van der Waals surface area contributed by atoms with E-state index in [0.29, 0.717) is 19.1 Å². The van der Waals surface area contributed by atoms with Gasteiger partial charge in [0.2, 0.25) is 5.91 Å². The maximum atomic E-state index is 12.8.